The number of rotatable bonds is 4. The van der Waals surface area contributed by atoms with Crippen molar-refractivity contribution in [3.8, 4) is 0 Å². The van der Waals surface area contributed by atoms with E-state index >= 15 is 0 Å². The van der Waals surface area contributed by atoms with Crippen LogP contribution in [0.15, 0.2) is 0 Å². The Bertz CT molecular complexity index is 520. The summed E-state index contributed by atoms with van der Waals surface area (Å²) >= 11 is 0. The zero-order chi connectivity index (χ0) is 19.4. The predicted molar refractivity (Wildman–Crippen MR) is 104 cm³/mol. The monoisotopic (exact) mass is 380 g/mol. The number of carbonyl (C=O) groups excluding carboxylic acids is 2. The molecule has 3 saturated heterocycles. The summed E-state index contributed by atoms with van der Waals surface area (Å²) in [6, 6.07) is 0.232. The van der Waals surface area contributed by atoms with Gasteiger partial charge < -0.3 is 15.0 Å². The number of morpholine rings is 1. The molecule has 0 aromatic carbocycles. The van der Waals surface area contributed by atoms with Crippen molar-refractivity contribution in [2.45, 2.75) is 52.1 Å². The minimum atomic E-state index is -0.331. The molecule has 0 unspecified atom stereocenters. The fraction of sp³-hybridized carbons (Fsp3) is 0.900. The maximum atomic E-state index is 12.9. The minimum absolute atomic E-state index is 0.00190. The first-order valence-electron chi connectivity index (χ1n) is 10.4. The fourth-order valence-electron chi connectivity index (χ4n) is 4.50. The van der Waals surface area contributed by atoms with Crippen molar-refractivity contribution in [1.29, 1.82) is 0 Å². The number of carbonyl (C=O) groups is 2. The number of likely N-dealkylation sites (tertiary alicyclic amines) is 1. The standard InChI is InChI=1S/C20H36N4O3/c1-20(2,3)15-24-9-6-21-19(26)17(24)14-18(25)23-7-4-16(5-8-23)22-10-12-27-13-11-22/h16-17H,4-15H2,1-3H3,(H,21,26)/t17-/m1/s1. The van der Waals surface area contributed by atoms with Crippen molar-refractivity contribution < 1.29 is 14.3 Å². The molecule has 1 N–H and O–H groups in total. The summed E-state index contributed by atoms with van der Waals surface area (Å²) in [5.74, 6) is 0.124. The number of amides is 2. The van der Waals surface area contributed by atoms with Gasteiger partial charge in [0.2, 0.25) is 11.8 Å². The van der Waals surface area contributed by atoms with E-state index in [2.05, 4.69) is 35.9 Å². The van der Waals surface area contributed by atoms with Crippen LogP contribution < -0.4 is 5.32 Å². The van der Waals surface area contributed by atoms with Crippen LogP contribution in [-0.4, -0.2) is 97.6 Å². The maximum absolute atomic E-state index is 12.9. The van der Waals surface area contributed by atoms with Gasteiger partial charge in [-0.3, -0.25) is 19.4 Å². The van der Waals surface area contributed by atoms with E-state index in [1.807, 2.05) is 4.90 Å². The molecule has 0 saturated carbocycles. The second-order valence-electron chi connectivity index (χ2n) is 9.30. The second kappa shape index (κ2) is 8.88. The molecule has 3 heterocycles. The lowest BCUT2D eigenvalue weighted by Gasteiger charge is -2.41. The third-order valence-electron chi connectivity index (χ3n) is 5.87. The number of nitrogens with one attached hydrogen (secondary N) is 1. The number of hydrogen-bond acceptors (Lipinski definition) is 5. The number of piperazine rings is 1. The van der Waals surface area contributed by atoms with Crippen molar-refractivity contribution >= 4 is 11.8 Å². The highest BCUT2D eigenvalue weighted by Crippen LogP contribution is 2.22. The van der Waals surface area contributed by atoms with Crippen LogP contribution >= 0.6 is 0 Å². The molecule has 0 bridgehead atoms. The Morgan fingerprint density at radius 3 is 2.41 bits per heavy atom. The number of hydrogen-bond donors (Lipinski definition) is 1. The molecule has 0 aromatic rings. The fourth-order valence-corrected chi connectivity index (χ4v) is 4.50. The van der Waals surface area contributed by atoms with Gasteiger partial charge >= 0.3 is 0 Å². The van der Waals surface area contributed by atoms with Crippen LogP contribution in [0.4, 0.5) is 0 Å². The molecule has 7 nitrogen and oxygen atoms in total. The van der Waals surface area contributed by atoms with E-state index in [0.717, 1.165) is 65.3 Å². The summed E-state index contributed by atoms with van der Waals surface area (Å²) in [4.78, 5) is 32.0. The molecular weight excluding hydrogens is 344 g/mol. The maximum Gasteiger partial charge on any atom is 0.237 e. The van der Waals surface area contributed by atoms with Gasteiger partial charge in [-0.25, -0.2) is 0 Å². The number of piperidine rings is 1. The first-order chi connectivity index (χ1) is 12.8. The highest BCUT2D eigenvalue weighted by Gasteiger charge is 2.36. The third kappa shape index (κ3) is 5.65. The Morgan fingerprint density at radius 2 is 1.78 bits per heavy atom. The summed E-state index contributed by atoms with van der Waals surface area (Å²) in [5.41, 5.74) is 0.107. The lowest BCUT2D eigenvalue weighted by Crippen LogP contribution is -2.58. The Balaban J connectivity index is 1.52. The molecular formula is C20H36N4O3. The van der Waals surface area contributed by atoms with E-state index in [0.29, 0.717) is 19.0 Å². The molecule has 7 heteroatoms. The average Bonchev–Trinajstić information content (AvgIpc) is 2.64. The lowest BCUT2D eigenvalue weighted by atomic mass is 9.94. The summed E-state index contributed by atoms with van der Waals surface area (Å²) in [6.45, 7) is 14.1. The molecule has 3 rings (SSSR count). The number of nitrogens with zero attached hydrogens (tertiary/aromatic N) is 3. The quantitative estimate of drug-likeness (QED) is 0.772. The van der Waals surface area contributed by atoms with Gasteiger partial charge in [-0.1, -0.05) is 20.8 Å². The van der Waals surface area contributed by atoms with Gasteiger partial charge in [0.15, 0.2) is 0 Å². The van der Waals surface area contributed by atoms with E-state index in [4.69, 9.17) is 4.74 Å². The molecule has 0 radical (unpaired) electrons. The van der Waals surface area contributed by atoms with Crippen molar-refractivity contribution in [1.82, 2.24) is 20.0 Å². The molecule has 3 fully saturated rings. The van der Waals surface area contributed by atoms with Gasteiger partial charge in [0.05, 0.1) is 25.7 Å². The molecule has 0 aromatic heterocycles. The zero-order valence-corrected chi connectivity index (χ0v) is 17.2. The Labute approximate surface area is 163 Å². The molecule has 3 aliphatic heterocycles. The molecule has 3 aliphatic rings. The Hall–Kier alpha value is -1.18. The van der Waals surface area contributed by atoms with Crippen LogP contribution in [-0.2, 0) is 14.3 Å². The van der Waals surface area contributed by atoms with Gasteiger partial charge in [0, 0.05) is 51.9 Å². The van der Waals surface area contributed by atoms with Crippen molar-refractivity contribution in [3.63, 3.8) is 0 Å². The van der Waals surface area contributed by atoms with Crippen LogP contribution in [0.3, 0.4) is 0 Å². The second-order valence-corrected chi connectivity index (χ2v) is 9.30. The van der Waals surface area contributed by atoms with Gasteiger partial charge in [0.25, 0.3) is 0 Å². The third-order valence-corrected chi connectivity index (χ3v) is 5.87. The normalized spacial score (nSPS) is 26.9. The van der Waals surface area contributed by atoms with E-state index < -0.39 is 0 Å². The highest BCUT2D eigenvalue weighted by atomic mass is 16.5. The van der Waals surface area contributed by atoms with Gasteiger partial charge in [-0.15, -0.1) is 0 Å². The van der Waals surface area contributed by atoms with Crippen LogP contribution in [0.25, 0.3) is 0 Å². The topological polar surface area (TPSA) is 65.1 Å². The van der Waals surface area contributed by atoms with Crippen molar-refractivity contribution in [3.05, 3.63) is 0 Å². The van der Waals surface area contributed by atoms with Crippen molar-refractivity contribution in [2.24, 2.45) is 5.41 Å². The van der Waals surface area contributed by atoms with E-state index in [1.165, 1.54) is 0 Å². The molecule has 0 spiro atoms. The largest absolute Gasteiger partial charge is 0.379 e. The predicted octanol–water partition coefficient (Wildman–Crippen LogP) is 0.546. The average molecular weight is 381 g/mol. The zero-order valence-electron chi connectivity index (χ0n) is 17.2. The number of ether oxygens (including phenoxy) is 1. The van der Waals surface area contributed by atoms with Gasteiger partial charge in [-0.2, -0.15) is 0 Å². The van der Waals surface area contributed by atoms with E-state index in [1.54, 1.807) is 0 Å². The molecule has 1 atom stereocenters. The summed E-state index contributed by atoms with van der Waals surface area (Å²) < 4.78 is 5.44. The van der Waals surface area contributed by atoms with Crippen LogP contribution in [0.5, 0.6) is 0 Å². The van der Waals surface area contributed by atoms with Gasteiger partial charge in [0.1, 0.15) is 0 Å². The smallest absolute Gasteiger partial charge is 0.237 e. The Morgan fingerprint density at radius 1 is 1.11 bits per heavy atom. The molecule has 2 amide bonds. The summed E-state index contributed by atoms with van der Waals surface area (Å²) in [7, 11) is 0. The SMILES string of the molecule is CC(C)(C)CN1CCNC(=O)[C@H]1CC(=O)N1CCC(N2CCOCC2)CC1. The molecule has 0 aliphatic carbocycles. The summed E-state index contributed by atoms with van der Waals surface area (Å²) in [6.07, 6.45) is 2.34. The Kier molecular flexibility index (Phi) is 6.76. The molecule has 154 valence electrons. The lowest BCUT2D eigenvalue weighted by molar-refractivity contribution is -0.140. The van der Waals surface area contributed by atoms with Crippen LogP contribution in [0.2, 0.25) is 0 Å². The van der Waals surface area contributed by atoms with E-state index in [-0.39, 0.29) is 23.3 Å². The van der Waals surface area contributed by atoms with Gasteiger partial charge in [-0.05, 0) is 18.3 Å². The first-order valence-corrected chi connectivity index (χ1v) is 10.4. The minimum Gasteiger partial charge on any atom is -0.379 e. The van der Waals surface area contributed by atoms with Crippen molar-refractivity contribution in [2.75, 3.05) is 59.0 Å². The van der Waals surface area contributed by atoms with E-state index in [9.17, 15) is 9.59 Å². The molecule has 27 heavy (non-hydrogen) atoms. The first kappa shape index (κ1) is 20.6. The summed E-state index contributed by atoms with van der Waals surface area (Å²) in [5, 5.41) is 2.94. The highest BCUT2D eigenvalue weighted by molar-refractivity contribution is 5.88. The van der Waals surface area contributed by atoms with Crippen LogP contribution in [0, 0.1) is 5.41 Å². The van der Waals surface area contributed by atoms with Crippen LogP contribution in [0.1, 0.15) is 40.0 Å².